The van der Waals surface area contributed by atoms with E-state index in [1.807, 2.05) is 11.8 Å². The number of nitriles is 1. The number of amides is 1. The van der Waals surface area contributed by atoms with Gasteiger partial charge in [-0.2, -0.15) is 5.26 Å². The molecule has 8 heteroatoms. The summed E-state index contributed by atoms with van der Waals surface area (Å²) in [5.74, 6) is 1.11. The van der Waals surface area contributed by atoms with Gasteiger partial charge >= 0.3 is 0 Å². The molecule has 1 aliphatic carbocycles. The summed E-state index contributed by atoms with van der Waals surface area (Å²) >= 11 is 0. The Morgan fingerprint density at radius 1 is 1.22 bits per heavy atom. The van der Waals surface area contributed by atoms with Crippen molar-refractivity contribution in [3.05, 3.63) is 40.7 Å². The smallest absolute Gasteiger partial charge is 0.276 e. The third kappa shape index (κ3) is 3.75. The van der Waals surface area contributed by atoms with E-state index in [1.54, 1.807) is 0 Å². The quantitative estimate of drug-likeness (QED) is 0.729. The molecule has 1 atom stereocenters. The molecule has 0 N–H and O–H groups in total. The number of hydrogen-bond acceptors (Lipinski definition) is 7. The summed E-state index contributed by atoms with van der Waals surface area (Å²) in [4.78, 5) is 26.0. The van der Waals surface area contributed by atoms with E-state index in [0.29, 0.717) is 50.0 Å². The Morgan fingerprint density at radius 2 is 2.06 bits per heavy atom. The summed E-state index contributed by atoms with van der Waals surface area (Å²) in [6.07, 6.45) is 9.49. The van der Waals surface area contributed by atoms with E-state index in [2.05, 4.69) is 16.0 Å². The first-order valence-corrected chi connectivity index (χ1v) is 11.6. The Kier molecular flexibility index (Phi) is 5.83. The highest BCUT2D eigenvalue weighted by Crippen LogP contribution is 2.39. The molecule has 1 saturated carbocycles. The maximum absolute atomic E-state index is 12.8. The fourth-order valence-corrected chi connectivity index (χ4v) is 5.44. The second kappa shape index (κ2) is 8.91. The van der Waals surface area contributed by atoms with Gasteiger partial charge in [-0.05, 0) is 31.7 Å². The fraction of sp³-hybridized carbons (Fsp3) is 0.583. The second-order valence-electron chi connectivity index (χ2n) is 9.07. The van der Waals surface area contributed by atoms with E-state index in [4.69, 9.17) is 14.1 Å². The van der Waals surface area contributed by atoms with Gasteiger partial charge < -0.3 is 19.0 Å². The topological polar surface area (TPSA) is 95.5 Å². The summed E-state index contributed by atoms with van der Waals surface area (Å²) in [6.45, 7) is 5.05. The van der Waals surface area contributed by atoms with Crippen LogP contribution in [0.15, 0.2) is 17.1 Å². The number of hydrogen-bond donors (Lipinski definition) is 0. The molecular formula is C24H29N5O3. The third-order valence-corrected chi connectivity index (χ3v) is 7.11. The third-order valence-electron chi connectivity index (χ3n) is 7.11. The summed E-state index contributed by atoms with van der Waals surface area (Å²) in [5, 5.41) is 10.1. The minimum atomic E-state index is -0.121. The van der Waals surface area contributed by atoms with Crippen molar-refractivity contribution < 1.29 is 13.9 Å². The molecule has 2 aromatic rings. The average Bonchev–Trinajstić information content (AvgIpc) is 3.38. The lowest BCUT2D eigenvalue weighted by Crippen LogP contribution is -2.54. The lowest BCUT2D eigenvalue weighted by molar-refractivity contribution is 0.0667. The van der Waals surface area contributed by atoms with Crippen LogP contribution in [-0.2, 0) is 17.8 Å². The van der Waals surface area contributed by atoms with E-state index in [0.717, 1.165) is 41.9 Å². The van der Waals surface area contributed by atoms with Gasteiger partial charge in [-0.25, -0.2) is 9.97 Å². The van der Waals surface area contributed by atoms with E-state index in [-0.39, 0.29) is 11.9 Å². The van der Waals surface area contributed by atoms with E-state index < -0.39 is 0 Å². The largest absolute Gasteiger partial charge is 0.451 e. The molecule has 0 radical (unpaired) electrons. The zero-order chi connectivity index (χ0) is 22.1. The van der Waals surface area contributed by atoms with E-state index in [9.17, 15) is 10.1 Å². The van der Waals surface area contributed by atoms with Crippen LogP contribution in [0.1, 0.15) is 77.8 Å². The molecule has 2 aliphatic heterocycles. The molecule has 0 spiro atoms. The molecular weight excluding hydrogens is 406 g/mol. The van der Waals surface area contributed by atoms with Gasteiger partial charge in [0.15, 0.2) is 12.1 Å². The normalized spacial score (nSPS) is 21.8. The van der Waals surface area contributed by atoms with E-state index in [1.165, 1.54) is 31.9 Å². The molecule has 1 saturated heterocycles. The highest BCUT2D eigenvalue weighted by Gasteiger charge is 2.34. The molecule has 0 unspecified atom stereocenters. The minimum Gasteiger partial charge on any atom is -0.451 e. The van der Waals surface area contributed by atoms with Crippen molar-refractivity contribution >= 4 is 11.7 Å². The number of carbonyl (C=O) groups is 1. The van der Waals surface area contributed by atoms with Crippen molar-refractivity contribution in [3.63, 3.8) is 0 Å². The van der Waals surface area contributed by atoms with Crippen LogP contribution in [0.3, 0.4) is 0 Å². The number of anilines is 1. The number of pyridine rings is 1. The Hall–Kier alpha value is -2.92. The molecule has 3 aliphatic rings. The SMILES string of the molecule is C[C@@H]1CN(c2nc(C3CCCCC3)c3c(c2C#N)CCOC3)CCN1C(=O)c1cocn1. The number of fused-ring (bicyclic) bond motifs is 1. The second-order valence-corrected chi connectivity index (χ2v) is 9.07. The number of ether oxygens (including phenoxy) is 1. The van der Waals surface area contributed by atoms with Crippen LogP contribution >= 0.6 is 0 Å². The van der Waals surface area contributed by atoms with Gasteiger partial charge in [-0.3, -0.25) is 4.79 Å². The van der Waals surface area contributed by atoms with Gasteiger partial charge in [0.1, 0.15) is 18.2 Å². The zero-order valence-electron chi connectivity index (χ0n) is 18.5. The number of oxazole rings is 1. The van der Waals surface area contributed by atoms with Crippen LogP contribution in [0, 0.1) is 11.3 Å². The van der Waals surface area contributed by atoms with Crippen LogP contribution in [0.5, 0.6) is 0 Å². The van der Waals surface area contributed by atoms with Crippen molar-refractivity contribution in [3.8, 4) is 6.07 Å². The standard InChI is InChI=1S/C24H29N5O3/c1-16-12-28(8-9-29(16)24(30)21-14-32-15-26-21)23-19(11-25)18-7-10-31-13-20(18)22(27-23)17-5-3-2-4-6-17/h14-17H,2-10,12-13H2,1H3/t16-/m1/s1. The van der Waals surface area contributed by atoms with E-state index >= 15 is 0 Å². The Morgan fingerprint density at radius 3 is 2.78 bits per heavy atom. The number of carbonyl (C=O) groups excluding carboxylic acids is 1. The highest BCUT2D eigenvalue weighted by molar-refractivity contribution is 5.92. The number of nitrogens with zero attached hydrogens (tertiary/aromatic N) is 5. The summed E-state index contributed by atoms with van der Waals surface area (Å²) in [5.41, 5.74) is 4.43. The van der Waals surface area contributed by atoms with Crippen molar-refractivity contribution in [2.24, 2.45) is 0 Å². The molecule has 0 aromatic carbocycles. The Labute approximate surface area is 188 Å². The molecule has 32 heavy (non-hydrogen) atoms. The fourth-order valence-electron chi connectivity index (χ4n) is 5.44. The minimum absolute atomic E-state index is 0.0289. The first-order valence-electron chi connectivity index (χ1n) is 11.6. The van der Waals surface area contributed by atoms with Crippen LogP contribution in [0.25, 0.3) is 0 Å². The maximum Gasteiger partial charge on any atom is 0.276 e. The van der Waals surface area contributed by atoms with Crippen molar-refractivity contribution in [1.29, 1.82) is 5.26 Å². The molecule has 168 valence electrons. The Bertz CT molecular complexity index is 1020. The van der Waals surface area contributed by atoms with Crippen LogP contribution < -0.4 is 4.90 Å². The van der Waals surface area contributed by atoms with Crippen LogP contribution in [0.4, 0.5) is 5.82 Å². The average molecular weight is 436 g/mol. The van der Waals surface area contributed by atoms with Gasteiger partial charge in [0.25, 0.3) is 5.91 Å². The number of piperazine rings is 1. The van der Waals surface area contributed by atoms with Crippen LogP contribution in [-0.4, -0.2) is 53.1 Å². The zero-order valence-corrected chi connectivity index (χ0v) is 18.5. The van der Waals surface area contributed by atoms with Gasteiger partial charge in [-0.1, -0.05) is 19.3 Å². The molecule has 2 aromatic heterocycles. The van der Waals surface area contributed by atoms with Gasteiger partial charge in [-0.15, -0.1) is 0 Å². The van der Waals surface area contributed by atoms with Gasteiger partial charge in [0, 0.05) is 37.2 Å². The van der Waals surface area contributed by atoms with Crippen molar-refractivity contribution in [2.45, 2.75) is 64.0 Å². The van der Waals surface area contributed by atoms with Gasteiger partial charge in [0.05, 0.1) is 24.5 Å². The predicted molar refractivity (Wildman–Crippen MR) is 117 cm³/mol. The van der Waals surface area contributed by atoms with Crippen molar-refractivity contribution in [1.82, 2.24) is 14.9 Å². The molecule has 0 bridgehead atoms. The number of rotatable bonds is 3. The highest BCUT2D eigenvalue weighted by atomic mass is 16.5. The lowest BCUT2D eigenvalue weighted by atomic mass is 9.82. The Balaban J connectivity index is 1.46. The number of aromatic nitrogens is 2. The molecule has 1 amide bonds. The van der Waals surface area contributed by atoms with Crippen LogP contribution in [0.2, 0.25) is 0 Å². The lowest BCUT2D eigenvalue weighted by Gasteiger charge is -2.41. The van der Waals surface area contributed by atoms with Crippen molar-refractivity contribution in [2.75, 3.05) is 31.1 Å². The first kappa shape index (κ1) is 21.0. The first-order chi connectivity index (χ1) is 15.7. The van der Waals surface area contributed by atoms with Gasteiger partial charge in [0.2, 0.25) is 0 Å². The summed E-state index contributed by atoms with van der Waals surface area (Å²) in [7, 11) is 0. The predicted octanol–water partition coefficient (Wildman–Crippen LogP) is 3.41. The molecule has 8 nitrogen and oxygen atoms in total. The summed E-state index contributed by atoms with van der Waals surface area (Å²) in [6, 6.07) is 2.43. The molecule has 4 heterocycles. The maximum atomic E-state index is 12.8. The molecule has 5 rings (SSSR count). The monoisotopic (exact) mass is 435 g/mol. The molecule has 2 fully saturated rings. The summed E-state index contributed by atoms with van der Waals surface area (Å²) < 4.78 is 10.8.